The summed E-state index contributed by atoms with van der Waals surface area (Å²) < 4.78 is 0. The van der Waals surface area contributed by atoms with Gasteiger partial charge in [0.15, 0.2) is 0 Å². The molecule has 0 spiro atoms. The Balaban J connectivity index is 0.000000394. The fraction of sp³-hybridized carbons (Fsp3) is 0.455. The summed E-state index contributed by atoms with van der Waals surface area (Å²) in [4.78, 5) is 6.34. The van der Waals surface area contributed by atoms with Crippen molar-refractivity contribution in [2.45, 2.75) is 126 Å². The number of nitrogens with zero attached hydrogens (tertiary/aromatic N) is 1. The second-order valence-electron chi connectivity index (χ2n) is 15.7. The van der Waals surface area contributed by atoms with Gasteiger partial charge in [0.25, 0.3) is 0 Å². The molecule has 0 fully saturated rings. The quantitative estimate of drug-likeness (QED) is 0.0358. The van der Waals surface area contributed by atoms with E-state index in [4.69, 9.17) is 12.8 Å². The van der Waals surface area contributed by atoms with Crippen LogP contribution in [0.5, 0.6) is 0 Å². The third-order valence-corrected chi connectivity index (χ3v) is 18.4. The fourth-order valence-corrected chi connectivity index (χ4v) is 14.3. The molecule has 1 nitrogen and oxygen atoms in total. The van der Waals surface area contributed by atoms with Gasteiger partial charge >= 0.3 is 0 Å². The predicted molar refractivity (Wildman–Crippen MR) is 279 cm³/mol. The van der Waals surface area contributed by atoms with Gasteiger partial charge in [0, 0.05) is 47.9 Å². The normalized spacial score (nSPS) is 10.5. The minimum absolute atomic E-state index is 0. The van der Waals surface area contributed by atoms with Gasteiger partial charge in [-0.15, -0.1) is 39.7 Å². The Hall–Kier alpha value is -2.47. The minimum Gasteiger partial charge on any atom is -0.365 e. The van der Waals surface area contributed by atoms with Gasteiger partial charge in [0.05, 0.1) is 4.88 Å². The van der Waals surface area contributed by atoms with Crippen molar-refractivity contribution in [1.82, 2.24) is 0 Å². The van der Waals surface area contributed by atoms with Gasteiger partial charge in [-0.3, -0.25) is 5.92 Å². The molecule has 0 radical (unpaired) electrons. The molecule has 5 rings (SSSR count). The molecular weight excluding hydrogens is 996 g/mol. The molecule has 2 heterocycles. The molecule has 6 heteroatoms. The number of hydrogen-bond donors (Lipinski definition) is 0. The average Bonchev–Trinajstić information content (AvgIpc) is 3.99. The van der Waals surface area contributed by atoms with Crippen LogP contribution in [0.2, 0.25) is 0 Å². The van der Waals surface area contributed by atoms with Gasteiger partial charge in [-0.25, -0.2) is 11.3 Å². The van der Waals surface area contributed by atoms with E-state index in [-0.39, 0.29) is 21.1 Å². The summed E-state index contributed by atoms with van der Waals surface area (Å²) >= 11 is 3.21. The summed E-state index contributed by atoms with van der Waals surface area (Å²) in [5.74, 6) is 5.18. The van der Waals surface area contributed by atoms with Crippen molar-refractivity contribution in [3.8, 4) is 39.1 Å². The van der Waals surface area contributed by atoms with Crippen LogP contribution in [-0.2, 0) is 21.1 Å². The van der Waals surface area contributed by atoms with Gasteiger partial charge in [-0.1, -0.05) is 139 Å². The van der Waals surface area contributed by atoms with Gasteiger partial charge < -0.3 is 11.3 Å². The van der Waals surface area contributed by atoms with E-state index in [2.05, 4.69) is 144 Å². The molecular formula is C55H74NP2PtS2-. The van der Waals surface area contributed by atoms with Gasteiger partial charge in [-0.2, -0.15) is 0 Å². The third-order valence-electron chi connectivity index (χ3n) is 10.6. The summed E-state index contributed by atoms with van der Waals surface area (Å²) in [5.41, 5.74) is 6.80. The van der Waals surface area contributed by atoms with Crippen LogP contribution in [-0.4, -0.2) is 37.0 Å². The van der Waals surface area contributed by atoms with Crippen LogP contribution in [0, 0.1) is 31.6 Å². The number of anilines is 3. The maximum absolute atomic E-state index is 7.34. The van der Waals surface area contributed by atoms with E-state index in [9.17, 15) is 0 Å². The molecule has 332 valence electrons. The third kappa shape index (κ3) is 20.3. The molecule has 0 atom stereocenters. The first-order valence-corrected chi connectivity index (χ1v) is 28.4. The molecule has 0 aliphatic heterocycles. The topological polar surface area (TPSA) is 3.24 Å². The molecule has 3 aromatic carbocycles. The number of benzene rings is 3. The Morgan fingerprint density at radius 1 is 0.475 bits per heavy atom. The standard InChI is InChI=1S/C31H20NS2.2C12H27P.Pt/c1-4-28-18-20-30(33-28)23-8-14-26(15-9-23)32(25-12-6-22(3)7-13-25)27-16-10-24(11-17-27)31-21-19-29(5-2)34-31;2*1-4-7-10-13(11-8-5-2)12-9-6-3;/h1,6-21H,3H3;2*4-12H2,1-3H3;/q-1;;;. The maximum Gasteiger partial charge on any atom is 0.0772 e. The molecule has 0 N–H and O–H groups in total. The second kappa shape index (κ2) is 33.1. The van der Waals surface area contributed by atoms with Crippen LogP contribution >= 0.6 is 38.5 Å². The molecule has 0 aliphatic rings. The second-order valence-corrected chi connectivity index (χ2v) is 23.2. The van der Waals surface area contributed by atoms with Gasteiger partial charge in [0.1, 0.15) is 0 Å². The summed E-state index contributed by atoms with van der Waals surface area (Å²) in [5, 5.41) is 0. The smallest absolute Gasteiger partial charge is 0.0772 e. The molecule has 0 unspecified atom stereocenters. The van der Waals surface area contributed by atoms with E-state index in [0.717, 1.165) is 42.8 Å². The zero-order valence-electron chi connectivity index (χ0n) is 38.5. The van der Waals surface area contributed by atoms with Crippen molar-refractivity contribution in [1.29, 1.82) is 0 Å². The number of rotatable bonds is 23. The molecule has 0 bridgehead atoms. The van der Waals surface area contributed by atoms with E-state index in [1.807, 2.05) is 18.2 Å². The summed E-state index contributed by atoms with van der Waals surface area (Å²) in [7, 11) is 0.843. The SMILES string of the molecule is CCCCP(CCCC)CCCC.CCCCP(CCCC)CCCC.[C-]#Cc1ccc(-c2ccc(N(c3ccc(C)cc3)c3ccc(-c4ccc(C#C)s4)cc3)cc2)s1.[Pt]. The number of unbranched alkanes of at least 4 members (excludes halogenated alkanes) is 6. The predicted octanol–water partition coefficient (Wildman–Crippen LogP) is 18.6. The van der Waals surface area contributed by atoms with Crippen LogP contribution in [0.1, 0.15) is 134 Å². The average molecular weight is 1070 g/mol. The van der Waals surface area contributed by atoms with Crippen LogP contribution in [0.25, 0.3) is 20.9 Å². The van der Waals surface area contributed by atoms with Crippen molar-refractivity contribution in [3.05, 3.63) is 119 Å². The van der Waals surface area contributed by atoms with E-state index < -0.39 is 0 Å². The number of thiophene rings is 2. The van der Waals surface area contributed by atoms with Crippen molar-refractivity contribution >= 4 is 55.6 Å². The van der Waals surface area contributed by atoms with Crippen LogP contribution in [0.4, 0.5) is 17.1 Å². The Morgan fingerprint density at radius 2 is 0.787 bits per heavy atom. The molecule has 0 saturated carbocycles. The number of terminal acetylenes is 1. The summed E-state index contributed by atoms with van der Waals surface area (Å²) in [6.07, 6.45) is 39.3. The summed E-state index contributed by atoms with van der Waals surface area (Å²) in [6, 6.07) is 33.8. The number of hydrogen-bond acceptors (Lipinski definition) is 3. The maximum atomic E-state index is 7.34. The minimum atomic E-state index is 0. The van der Waals surface area contributed by atoms with Crippen molar-refractivity contribution < 1.29 is 21.1 Å². The monoisotopic (exact) mass is 1070 g/mol. The van der Waals surface area contributed by atoms with Crippen molar-refractivity contribution in [3.63, 3.8) is 0 Å². The fourth-order valence-electron chi connectivity index (χ4n) is 6.78. The Kier molecular flexibility index (Phi) is 29.7. The van der Waals surface area contributed by atoms with Gasteiger partial charge in [-0.05, 0) is 142 Å². The zero-order chi connectivity index (χ0) is 43.4. The Morgan fingerprint density at radius 3 is 1.07 bits per heavy atom. The Bertz CT molecular complexity index is 1770. The molecule has 0 amide bonds. The van der Waals surface area contributed by atoms with Crippen LogP contribution in [0.3, 0.4) is 0 Å². The first-order chi connectivity index (χ1) is 29.3. The molecule has 2 aromatic heterocycles. The van der Waals surface area contributed by atoms with Gasteiger partial charge in [0.2, 0.25) is 0 Å². The molecule has 0 saturated heterocycles. The van der Waals surface area contributed by atoms with Crippen molar-refractivity contribution in [2.75, 3.05) is 41.9 Å². The zero-order valence-corrected chi connectivity index (χ0v) is 44.2. The molecule has 5 aromatic rings. The van der Waals surface area contributed by atoms with E-state index in [1.165, 1.54) is 87.5 Å². The van der Waals surface area contributed by atoms with Crippen LogP contribution < -0.4 is 4.90 Å². The van der Waals surface area contributed by atoms with E-state index in [1.54, 1.807) is 59.6 Å². The molecule has 0 aliphatic carbocycles. The van der Waals surface area contributed by atoms with E-state index >= 15 is 0 Å². The van der Waals surface area contributed by atoms with Crippen LogP contribution in [0.15, 0.2) is 97.1 Å². The number of aryl methyl sites for hydroxylation is 1. The summed E-state index contributed by atoms with van der Waals surface area (Å²) in [6.45, 7) is 16.0. The van der Waals surface area contributed by atoms with E-state index in [0.29, 0.717) is 15.8 Å². The largest absolute Gasteiger partial charge is 0.365 e. The first-order valence-electron chi connectivity index (χ1n) is 23.0. The Labute approximate surface area is 399 Å². The van der Waals surface area contributed by atoms with Crippen molar-refractivity contribution in [2.24, 2.45) is 0 Å². The molecule has 61 heavy (non-hydrogen) atoms. The first kappa shape index (κ1) is 54.7.